The molecule has 6 heteroatoms. The van der Waals surface area contributed by atoms with Crippen molar-refractivity contribution in [2.24, 2.45) is 11.8 Å². The zero-order chi connectivity index (χ0) is 13.4. The van der Waals surface area contributed by atoms with E-state index < -0.39 is 0 Å². The Bertz CT molecular complexity index is 485. The van der Waals surface area contributed by atoms with Crippen molar-refractivity contribution in [1.82, 2.24) is 10.2 Å². The first-order valence-electron chi connectivity index (χ1n) is 6.84. The van der Waals surface area contributed by atoms with Crippen LogP contribution in [-0.4, -0.2) is 36.0 Å². The molecule has 2 saturated heterocycles. The molecule has 1 aromatic rings. The molecule has 3 atom stereocenters. The molecule has 3 rings (SSSR count). The van der Waals surface area contributed by atoms with Crippen molar-refractivity contribution in [3.05, 3.63) is 39.9 Å². The predicted octanol–water partition coefficient (Wildman–Crippen LogP) is 2.23. The van der Waals surface area contributed by atoms with Gasteiger partial charge in [0.1, 0.15) is 0 Å². The lowest BCUT2D eigenvalue weighted by Gasteiger charge is -2.25. The maximum Gasteiger partial charge on any atom is 0.269 e. The number of non-ortho nitro benzene ring substituents is 1. The summed E-state index contributed by atoms with van der Waals surface area (Å²) < 4.78 is 0. The number of nitro benzene ring substituents is 1. The molecule has 0 amide bonds. The average Bonchev–Trinajstić information content (AvgIpc) is 2.98. The third kappa shape index (κ3) is 2.80. The fourth-order valence-corrected chi connectivity index (χ4v) is 3.32. The summed E-state index contributed by atoms with van der Waals surface area (Å²) >= 11 is 0. The Morgan fingerprint density at radius 2 is 2.00 bits per heavy atom. The lowest BCUT2D eigenvalue weighted by molar-refractivity contribution is -0.384. The monoisotopic (exact) mass is 297 g/mol. The maximum absolute atomic E-state index is 10.8. The standard InChI is InChI=1S/C14H19N3O2.ClH/c1-10(11-3-2-4-14(5-11)17(18)19)16-8-12-6-15-7-13(12)9-16;/h2-5,10,12-13,15H,6-9H2,1H3;1H/t10?,12-,13+;. The molecule has 2 aliphatic heterocycles. The van der Waals surface area contributed by atoms with Crippen LogP contribution in [0.3, 0.4) is 0 Å². The van der Waals surface area contributed by atoms with Crippen LogP contribution in [0.15, 0.2) is 24.3 Å². The lowest BCUT2D eigenvalue weighted by atomic mass is 10.0. The van der Waals surface area contributed by atoms with Crippen LogP contribution in [0.1, 0.15) is 18.5 Å². The zero-order valence-corrected chi connectivity index (χ0v) is 12.3. The highest BCUT2D eigenvalue weighted by molar-refractivity contribution is 5.85. The van der Waals surface area contributed by atoms with Crippen LogP contribution in [-0.2, 0) is 0 Å². The van der Waals surface area contributed by atoms with Gasteiger partial charge in [-0.3, -0.25) is 15.0 Å². The van der Waals surface area contributed by atoms with Gasteiger partial charge in [0, 0.05) is 31.3 Å². The van der Waals surface area contributed by atoms with Gasteiger partial charge in [-0.25, -0.2) is 0 Å². The third-order valence-corrected chi connectivity index (χ3v) is 4.53. The SMILES string of the molecule is CC(c1cccc([N+](=O)[O-])c1)N1C[C@H]2CNC[C@H]2C1.Cl. The molecule has 0 aromatic heterocycles. The molecular formula is C14H20ClN3O2. The number of rotatable bonds is 3. The van der Waals surface area contributed by atoms with Crippen LogP contribution in [0.4, 0.5) is 5.69 Å². The number of nitrogens with zero attached hydrogens (tertiary/aromatic N) is 2. The first-order valence-corrected chi connectivity index (χ1v) is 6.84. The highest BCUT2D eigenvalue weighted by atomic mass is 35.5. The topological polar surface area (TPSA) is 58.4 Å². The summed E-state index contributed by atoms with van der Waals surface area (Å²) in [6, 6.07) is 7.29. The minimum absolute atomic E-state index is 0. The number of likely N-dealkylation sites (tertiary alicyclic amines) is 1. The Labute approximate surface area is 124 Å². The molecule has 5 nitrogen and oxygen atoms in total. The van der Waals surface area contributed by atoms with Crippen molar-refractivity contribution in [1.29, 1.82) is 0 Å². The van der Waals surface area contributed by atoms with Gasteiger partial charge >= 0.3 is 0 Å². The second kappa shape index (κ2) is 6.08. The van der Waals surface area contributed by atoms with Crippen LogP contribution < -0.4 is 5.32 Å². The first-order chi connectivity index (χ1) is 9.15. The number of fused-ring (bicyclic) bond motifs is 1. The zero-order valence-electron chi connectivity index (χ0n) is 11.5. The molecule has 2 heterocycles. The molecule has 0 spiro atoms. The van der Waals surface area contributed by atoms with Crippen LogP contribution in [0, 0.1) is 22.0 Å². The van der Waals surface area contributed by atoms with Gasteiger partial charge in [0.25, 0.3) is 5.69 Å². The lowest BCUT2D eigenvalue weighted by Crippen LogP contribution is -2.28. The van der Waals surface area contributed by atoms with Gasteiger partial charge in [0.15, 0.2) is 0 Å². The van der Waals surface area contributed by atoms with Crippen molar-refractivity contribution < 1.29 is 4.92 Å². The van der Waals surface area contributed by atoms with Crippen molar-refractivity contribution in [3.63, 3.8) is 0 Å². The van der Waals surface area contributed by atoms with E-state index in [4.69, 9.17) is 0 Å². The normalized spacial score (nSPS) is 26.9. The summed E-state index contributed by atoms with van der Waals surface area (Å²) in [5.41, 5.74) is 1.23. The smallest absolute Gasteiger partial charge is 0.269 e. The summed E-state index contributed by atoms with van der Waals surface area (Å²) in [4.78, 5) is 13.0. The highest BCUT2D eigenvalue weighted by Crippen LogP contribution is 2.33. The van der Waals surface area contributed by atoms with Gasteiger partial charge in [-0.1, -0.05) is 12.1 Å². The largest absolute Gasteiger partial charge is 0.316 e. The van der Waals surface area contributed by atoms with E-state index in [1.165, 1.54) is 0 Å². The van der Waals surface area contributed by atoms with Gasteiger partial charge in [-0.2, -0.15) is 0 Å². The Kier molecular flexibility index (Phi) is 4.62. The molecule has 0 aliphatic carbocycles. The Morgan fingerprint density at radius 3 is 2.60 bits per heavy atom. The number of halogens is 1. The van der Waals surface area contributed by atoms with E-state index in [9.17, 15) is 10.1 Å². The molecule has 20 heavy (non-hydrogen) atoms. The molecule has 0 saturated carbocycles. The second-order valence-corrected chi connectivity index (χ2v) is 5.66. The quantitative estimate of drug-likeness (QED) is 0.686. The summed E-state index contributed by atoms with van der Waals surface area (Å²) in [6.45, 7) is 6.57. The maximum atomic E-state index is 10.8. The Balaban J connectivity index is 0.00000147. The highest BCUT2D eigenvalue weighted by Gasteiger charge is 2.38. The predicted molar refractivity (Wildman–Crippen MR) is 80.2 cm³/mol. The third-order valence-electron chi connectivity index (χ3n) is 4.53. The number of nitro groups is 1. The molecule has 110 valence electrons. The fourth-order valence-electron chi connectivity index (χ4n) is 3.32. The molecule has 2 fully saturated rings. The van der Waals surface area contributed by atoms with Gasteiger partial charge in [-0.15, -0.1) is 12.4 Å². The summed E-state index contributed by atoms with van der Waals surface area (Å²) in [7, 11) is 0. The van der Waals surface area contributed by atoms with Crippen molar-refractivity contribution >= 4 is 18.1 Å². The van der Waals surface area contributed by atoms with Gasteiger partial charge < -0.3 is 5.32 Å². The van der Waals surface area contributed by atoms with Crippen LogP contribution in [0.25, 0.3) is 0 Å². The summed E-state index contributed by atoms with van der Waals surface area (Å²) in [5.74, 6) is 1.50. The minimum Gasteiger partial charge on any atom is -0.316 e. The average molecular weight is 298 g/mol. The van der Waals surface area contributed by atoms with E-state index in [0.29, 0.717) is 0 Å². The van der Waals surface area contributed by atoms with E-state index in [-0.39, 0.29) is 29.1 Å². The Morgan fingerprint density at radius 1 is 1.35 bits per heavy atom. The minimum atomic E-state index is -0.321. The van der Waals surface area contributed by atoms with Crippen LogP contribution >= 0.6 is 12.4 Å². The van der Waals surface area contributed by atoms with Gasteiger partial charge in [-0.05, 0) is 37.4 Å². The van der Waals surface area contributed by atoms with E-state index in [1.807, 2.05) is 6.07 Å². The van der Waals surface area contributed by atoms with E-state index in [2.05, 4.69) is 17.1 Å². The van der Waals surface area contributed by atoms with Gasteiger partial charge in [0.2, 0.25) is 0 Å². The second-order valence-electron chi connectivity index (χ2n) is 5.66. The van der Waals surface area contributed by atoms with Crippen molar-refractivity contribution in [3.8, 4) is 0 Å². The van der Waals surface area contributed by atoms with Crippen LogP contribution in [0.5, 0.6) is 0 Å². The number of benzene rings is 1. The fraction of sp³-hybridized carbons (Fsp3) is 0.571. The first kappa shape index (κ1) is 15.2. The van der Waals surface area contributed by atoms with E-state index in [1.54, 1.807) is 18.2 Å². The molecule has 1 aromatic carbocycles. The summed E-state index contributed by atoms with van der Waals surface area (Å²) in [5, 5.41) is 14.3. The summed E-state index contributed by atoms with van der Waals surface area (Å²) in [6.07, 6.45) is 0. The van der Waals surface area contributed by atoms with E-state index >= 15 is 0 Å². The Hall–Kier alpha value is -1.17. The number of nitrogens with one attached hydrogen (secondary N) is 1. The molecular weight excluding hydrogens is 278 g/mol. The van der Waals surface area contributed by atoms with Crippen LogP contribution in [0.2, 0.25) is 0 Å². The van der Waals surface area contributed by atoms with E-state index in [0.717, 1.165) is 43.6 Å². The molecule has 0 bridgehead atoms. The molecule has 0 radical (unpaired) electrons. The van der Waals surface area contributed by atoms with Gasteiger partial charge in [0.05, 0.1) is 4.92 Å². The molecule has 1 unspecified atom stereocenters. The van der Waals surface area contributed by atoms with Crippen molar-refractivity contribution in [2.45, 2.75) is 13.0 Å². The molecule has 2 aliphatic rings. The number of hydrogen-bond donors (Lipinski definition) is 1. The number of hydrogen-bond acceptors (Lipinski definition) is 4. The van der Waals surface area contributed by atoms with Crippen molar-refractivity contribution in [2.75, 3.05) is 26.2 Å². The molecule has 1 N–H and O–H groups in total.